The number of hydrogen-bond donors (Lipinski definition) is 0. The summed E-state index contributed by atoms with van der Waals surface area (Å²) in [6, 6.07) is 0. The predicted octanol–water partition coefficient (Wildman–Crippen LogP) is 10.7. The Morgan fingerprint density at radius 3 is 1.25 bits per heavy atom. The standard InChI is InChI=1S/C29H62O2Si/c1-6-8-10-12-14-15-16-17-18-19-20-21-22-24-26-28-30-32(4,5)31-29(3)27-25-23-13-11-9-7-2/h29H,6-28H2,1-5H3. The van der Waals surface area contributed by atoms with Crippen molar-refractivity contribution in [3.63, 3.8) is 0 Å². The molecule has 0 heterocycles. The van der Waals surface area contributed by atoms with Gasteiger partial charge in [0, 0.05) is 12.7 Å². The summed E-state index contributed by atoms with van der Waals surface area (Å²) < 4.78 is 12.5. The van der Waals surface area contributed by atoms with Crippen LogP contribution in [0, 0.1) is 0 Å². The fourth-order valence-corrected chi connectivity index (χ4v) is 6.37. The van der Waals surface area contributed by atoms with E-state index in [1.54, 1.807) is 0 Å². The third kappa shape index (κ3) is 24.8. The van der Waals surface area contributed by atoms with Crippen LogP contribution in [-0.4, -0.2) is 21.3 Å². The Morgan fingerprint density at radius 2 is 0.844 bits per heavy atom. The lowest BCUT2D eigenvalue weighted by molar-refractivity contribution is 0.122. The summed E-state index contributed by atoms with van der Waals surface area (Å²) in [5, 5.41) is 0. The zero-order chi connectivity index (χ0) is 23.8. The Bertz CT molecular complexity index is 359. The highest BCUT2D eigenvalue weighted by Gasteiger charge is 2.26. The summed E-state index contributed by atoms with van der Waals surface area (Å²) in [7, 11) is -1.95. The molecule has 0 aliphatic carbocycles. The zero-order valence-corrected chi connectivity index (χ0v) is 24.2. The van der Waals surface area contributed by atoms with E-state index in [1.165, 1.54) is 141 Å². The van der Waals surface area contributed by atoms with E-state index in [4.69, 9.17) is 8.85 Å². The van der Waals surface area contributed by atoms with E-state index in [2.05, 4.69) is 33.9 Å². The van der Waals surface area contributed by atoms with Crippen molar-refractivity contribution in [3.8, 4) is 0 Å². The molecule has 0 spiro atoms. The molecule has 0 saturated heterocycles. The van der Waals surface area contributed by atoms with Crippen molar-refractivity contribution in [2.75, 3.05) is 6.61 Å². The van der Waals surface area contributed by atoms with Gasteiger partial charge in [-0.1, -0.05) is 142 Å². The lowest BCUT2D eigenvalue weighted by Crippen LogP contribution is -2.38. The van der Waals surface area contributed by atoms with Gasteiger partial charge in [-0.3, -0.25) is 0 Å². The van der Waals surface area contributed by atoms with Crippen LogP contribution in [0.25, 0.3) is 0 Å². The minimum absolute atomic E-state index is 0.351. The van der Waals surface area contributed by atoms with Crippen molar-refractivity contribution in [1.82, 2.24) is 0 Å². The molecule has 0 aromatic carbocycles. The van der Waals surface area contributed by atoms with Gasteiger partial charge >= 0.3 is 8.56 Å². The summed E-state index contributed by atoms with van der Waals surface area (Å²) in [5.74, 6) is 0. The SMILES string of the molecule is CCCCCCCCCCCCCCCCCO[Si](C)(C)OC(C)CCCCCCCC. The summed E-state index contributed by atoms with van der Waals surface area (Å²) in [6.07, 6.45) is 30.8. The molecule has 2 nitrogen and oxygen atoms in total. The van der Waals surface area contributed by atoms with Crippen molar-refractivity contribution in [2.45, 2.75) is 181 Å². The molecule has 0 fully saturated rings. The molecule has 0 bridgehead atoms. The third-order valence-corrected chi connectivity index (χ3v) is 8.52. The molecule has 3 heteroatoms. The average Bonchev–Trinajstić information content (AvgIpc) is 2.75. The maximum atomic E-state index is 6.31. The second kappa shape index (κ2) is 24.3. The second-order valence-electron chi connectivity index (χ2n) is 10.7. The van der Waals surface area contributed by atoms with E-state index in [1.807, 2.05) is 0 Å². The lowest BCUT2D eigenvalue weighted by Gasteiger charge is -2.27. The second-order valence-corrected chi connectivity index (χ2v) is 14.0. The molecular weight excluding hydrogens is 408 g/mol. The summed E-state index contributed by atoms with van der Waals surface area (Å²) >= 11 is 0. The quantitative estimate of drug-likeness (QED) is 0.0924. The monoisotopic (exact) mass is 470 g/mol. The van der Waals surface area contributed by atoms with Gasteiger partial charge in [-0.25, -0.2) is 0 Å². The number of hydrogen-bond acceptors (Lipinski definition) is 2. The van der Waals surface area contributed by atoms with Crippen LogP contribution >= 0.6 is 0 Å². The Labute approximate surface area is 205 Å². The molecule has 1 unspecified atom stereocenters. The predicted molar refractivity (Wildman–Crippen MR) is 147 cm³/mol. The maximum Gasteiger partial charge on any atom is 0.331 e. The molecule has 0 amide bonds. The highest BCUT2D eigenvalue weighted by atomic mass is 28.4. The molecule has 1 atom stereocenters. The summed E-state index contributed by atoms with van der Waals surface area (Å²) in [4.78, 5) is 0. The fraction of sp³-hybridized carbons (Fsp3) is 1.00. The zero-order valence-electron chi connectivity index (χ0n) is 23.2. The van der Waals surface area contributed by atoms with Gasteiger partial charge in [-0.2, -0.15) is 0 Å². The Balaban J connectivity index is 3.38. The van der Waals surface area contributed by atoms with E-state index in [-0.39, 0.29) is 0 Å². The van der Waals surface area contributed by atoms with Crippen LogP contribution in [0.1, 0.15) is 162 Å². The van der Waals surface area contributed by atoms with Crippen molar-refractivity contribution in [2.24, 2.45) is 0 Å². The van der Waals surface area contributed by atoms with Crippen LogP contribution in [-0.2, 0) is 8.85 Å². The van der Waals surface area contributed by atoms with Gasteiger partial charge < -0.3 is 8.85 Å². The Morgan fingerprint density at radius 1 is 0.500 bits per heavy atom. The lowest BCUT2D eigenvalue weighted by atomic mass is 10.0. The fourth-order valence-electron chi connectivity index (χ4n) is 4.58. The van der Waals surface area contributed by atoms with Crippen LogP contribution in [0.5, 0.6) is 0 Å². The number of rotatable bonds is 26. The van der Waals surface area contributed by atoms with Crippen LogP contribution in [0.4, 0.5) is 0 Å². The van der Waals surface area contributed by atoms with Gasteiger partial charge in [-0.05, 0) is 32.9 Å². The molecule has 32 heavy (non-hydrogen) atoms. The molecule has 0 aliphatic heterocycles. The Hall–Kier alpha value is 0.137. The first-order chi connectivity index (χ1) is 15.5. The number of unbranched alkanes of at least 4 members (excludes halogenated alkanes) is 19. The van der Waals surface area contributed by atoms with E-state index < -0.39 is 8.56 Å². The molecule has 0 aromatic rings. The molecule has 0 N–H and O–H groups in total. The topological polar surface area (TPSA) is 18.5 Å². The van der Waals surface area contributed by atoms with E-state index >= 15 is 0 Å². The first-order valence-corrected chi connectivity index (χ1v) is 17.6. The van der Waals surface area contributed by atoms with Crippen molar-refractivity contribution in [1.29, 1.82) is 0 Å². The third-order valence-electron chi connectivity index (χ3n) is 6.65. The van der Waals surface area contributed by atoms with E-state index in [0.29, 0.717) is 6.10 Å². The van der Waals surface area contributed by atoms with Crippen molar-refractivity contribution < 1.29 is 8.85 Å². The van der Waals surface area contributed by atoms with Gasteiger partial charge in [0.25, 0.3) is 0 Å². The van der Waals surface area contributed by atoms with Gasteiger partial charge in [-0.15, -0.1) is 0 Å². The Kier molecular flexibility index (Phi) is 24.4. The van der Waals surface area contributed by atoms with Crippen molar-refractivity contribution >= 4 is 8.56 Å². The van der Waals surface area contributed by atoms with Gasteiger partial charge in [0.05, 0.1) is 0 Å². The first kappa shape index (κ1) is 32.1. The molecule has 0 radical (unpaired) electrons. The van der Waals surface area contributed by atoms with Crippen LogP contribution in [0.15, 0.2) is 0 Å². The smallest absolute Gasteiger partial charge is 0.331 e. The largest absolute Gasteiger partial charge is 0.395 e. The van der Waals surface area contributed by atoms with Crippen LogP contribution < -0.4 is 0 Å². The summed E-state index contributed by atoms with van der Waals surface area (Å²) in [5.41, 5.74) is 0. The molecular formula is C29H62O2Si. The molecule has 194 valence electrons. The molecule has 0 rings (SSSR count). The van der Waals surface area contributed by atoms with Gasteiger partial charge in [0.1, 0.15) is 0 Å². The molecule has 0 aromatic heterocycles. The minimum atomic E-state index is -1.95. The molecule has 0 saturated carbocycles. The maximum absolute atomic E-state index is 6.31. The average molecular weight is 471 g/mol. The van der Waals surface area contributed by atoms with Crippen LogP contribution in [0.3, 0.4) is 0 Å². The normalized spacial score (nSPS) is 13.0. The van der Waals surface area contributed by atoms with E-state index in [9.17, 15) is 0 Å². The van der Waals surface area contributed by atoms with E-state index in [0.717, 1.165) is 6.61 Å². The first-order valence-electron chi connectivity index (χ1n) is 14.8. The van der Waals surface area contributed by atoms with Gasteiger partial charge in [0.2, 0.25) is 0 Å². The van der Waals surface area contributed by atoms with Gasteiger partial charge in [0.15, 0.2) is 0 Å². The molecule has 0 aliphatic rings. The van der Waals surface area contributed by atoms with Crippen molar-refractivity contribution in [3.05, 3.63) is 0 Å². The highest BCUT2D eigenvalue weighted by Crippen LogP contribution is 2.17. The van der Waals surface area contributed by atoms with Crippen LogP contribution in [0.2, 0.25) is 13.1 Å². The highest BCUT2D eigenvalue weighted by molar-refractivity contribution is 6.64. The summed E-state index contributed by atoms with van der Waals surface area (Å²) in [6.45, 7) is 12.1. The minimum Gasteiger partial charge on any atom is -0.395 e.